The number of fused-ring (bicyclic) bond motifs is 1. The Labute approximate surface area is 212 Å². The second-order valence-electron chi connectivity index (χ2n) is 10.5. The molecular formula is C28H37N3O5. The number of benzene rings is 2. The normalized spacial score (nSPS) is 16.4. The number of carbonyl (C=O) groups excluding carboxylic acids is 3. The van der Waals surface area contributed by atoms with E-state index >= 15 is 0 Å². The van der Waals surface area contributed by atoms with Gasteiger partial charge < -0.3 is 25.8 Å². The lowest BCUT2D eigenvalue weighted by molar-refractivity contribution is -0.130. The zero-order chi connectivity index (χ0) is 26.6. The van der Waals surface area contributed by atoms with Crippen LogP contribution in [0.15, 0.2) is 36.4 Å². The summed E-state index contributed by atoms with van der Waals surface area (Å²) in [5, 5.41) is 18.3. The summed E-state index contributed by atoms with van der Waals surface area (Å²) >= 11 is 0. The summed E-state index contributed by atoms with van der Waals surface area (Å²) in [6.07, 6.45) is 1.16. The van der Waals surface area contributed by atoms with Crippen LogP contribution in [-0.2, 0) is 27.2 Å². The lowest BCUT2D eigenvalue weighted by Crippen LogP contribution is -2.54. The average molecular weight is 496 g/mol. The van der Waals surface area contributed by atoms with E-state index in [1.54, 1.807) is 39.8 Å². The van der Waals surface area contributed by atoms with Crippen LogP contribution in [0.5, 0.6) is 5.75 Å². The number of nitrogens with one attached hydrogen (secondary N) is 3. The Hall–Kier alpha value is -3.55. The number of aromatic hydroxyl groups is 1. The highest BCUT2D eigenvalue weighted by molar-refractivity contribution is 5.91. The predicted molar refractivity (Wildman–Crippen MR) is 138 cm³/mol. The van der Waals surface area contributed by atoms with E-state index in [0.29, 0.717) is 0 Å². The van der Waals surface area contributed by atoms with Gasteiger partial charge in [-0.25, -0.2) is 4.79 Å². The molecule has 3 atom stereocenters. The fourth-order valence-corrected chi connectivity index (χ4v) is 4.54. The molecule has 2 aromatic carbocycles. The number of hydrogen-bond donors (Lipinski definition) is 4. The number of hydrogen-bond acceptors (Lipinski definition) is 5. The van der Waals surface area contributed by atoms with Crippen molar-refractivity contribution in [3.05, 3.63) is 64.2 Å². The van der Waals surface area contributed by atoms with Gasteiger partial charge in [0, 0.05) is 6.42 Å². The van der Waals surface area contributed by atoms with Gasteiger partial charge in [0.2, 0.25) is 11.8 Å². The number of aryl methyl sites for hydroxylation is 3. The van der Waals surface area contributed by atoms with E-state index in [4.69, 9.17) is 4.74 Å². The average Bonchev–Trinajstić information content (AvgIpc) is 3.16. The second-order valence-corrected chi connectivity index (χ2v) is 10.5. The van der Waals surface area contributed by atoms with Crippen molar-refractivity contribution in [2.24, 2.45) is 0 Å². The zero-order valence-corrected chi connectivity index (χ0v) is 21.9. The zero-order valence-electron chi connectivity index (χ0n) is 21.9. The van der Waals surface area contributed by atoms with E-state index in [1.165, 1.54) is 5.56 Å². The lowest BCUT2D eigenvalue weighted by atomic mass is 9.95. The van der Waals surface area contributed by atoms with E-state index < -0.39 is 29.7 Å². The molecule has 0 spiro atoms. The summed E-state index contributed by atoms with van der Waals surface area (Å²) < 4.78 is 5.36. The molecule has 36 heavy (non-hydrogen) atoms. The van der Waals surface area contributed by atoms with Crippen LogP contribution in [0.4, 0.5) is 4.79 Å². The highest BCUT2D eigenvalue weighted by Crippen LogP contribution is 2.30. The highest BCUT2D eigenvalue weighted by Gasteiger charge is 2.30. The van der Waals surface area contributed by atoms with Crippen molar-refractivity contribution in [2.75, 3.05) is 0 Å². The molecular weight excluding hydrogens is 458 g/mol. The van der Waals surface area contributed by atoms with Crippen molar-refractivity contribution in [1.29, 1.82) is 0 Å². The molecule has 0 fully saturated rings. The molecule has 1 aliphatic carbocycles. The summed E-state index contributed by atoms with van der Waals surface area (Å²) in [7, 11) is 0. The first-order chi connectivity index (χ1) is 16.8. The molecule has 0 radical (unpaired) electrons. The quantitative estimate of drug-likeness (QED) is 0.467. The van der Waals surface area contributed by atoms with Gasteiger partial charge in [-0.3, -0.25) is 9.59 Å². The molecule has 3 rings (SSSR count). The SMILES string of the molecule is Cc1cc(O)cc(C)c1CC(NC(=O)OC(C)(C)C)C(=O)N[C@H](C)C(=O)NC1CCc2ccccc21. The topological polar surface area (TPSA) is 117 Å². The third kappa shape index (κ3) is 6.99. The highest BCUT2D eigenvalue weighted by atomic mass is 16.6. The van der Waals surface area contributed by atoms with E-state index in [1.807, 2.05) is 32.0 Å². The molecule has 0 saturated carbocycles. The van der Waals surface area contributed by atoms with Crippen molar-refractivity contribution in [2.45, 2.75) is 84.5 Å². The number of amides is 3. The van der Waals surface area contributed by atoms with Gasteiger partial charge in [0.15, 0.2) is 0 Å². The molecule has 1 aliphatic rings. The maximum Gasteiger partial charge on any atom is 0.408 e. The summed E-state index contributed by atoms with van der Waals surface area (Å²) in [5.41, 5.74) is 4.00. The molecule has 8 heteroatoms. The minimum atomic E-state index is -0.982. The third-order valence-electron chi connectivity index (χ3n) is 6.30. The molecule has 0 aromatic heterocycles. The summed E-state index contributed by atoms with van der Waals surface area (Å²) in [4.78, 5) is 38.7. The summed E-state index contributed by atoms with van der Waals surface area (Å²) in [6.45, 7) is 10.5. The Morgan fingerprint density at radius 1 is 1.06 bits per heavy atom. The smallest absolute Gasteiger partial charge is 0.408 e. The van der Waals surface area contributed by atoms with Gasteiger partial charge >= 0.3 is 6.09 Å². The minimum absolute atomic E-state index is 0.0916. The van der Waals surface area contributed by atoms with Crippen LogP contribution in [0.1, 0.15) is 68.0 Å². The van der Waals surface area contributed by atoms with Gasteiger partial charge in [-0.15, -0.1) is 0 Å². The fraction of sp³-hybridized carbons (Fsp3) is 0.464. The lowest BCUT2D eigenvalue weighted by Gasteiger charge is -2.25. The number of ether oxygens (including phenoxy) is 1. The fourth-order valence-electron chi connectivity index (χ4n) is 4.54. The maximum atomic E-state index is 13.3. The van der Waals surface area contributed by atoms with Crippen molar-refractivity contribution >= 4 is 17.9 Å². The Kier molecular flexibility index (Phi) is 8.28. The van der Waals surface area contributed by atoms with Gasteiger partial charge in [-0.05, 0) is 94.3 Å². The Balaban J connectivity index is 1.72. The number of carbonyl (C=O) groups is 3. The van der Waals surface area contributed by atoms with Crippen LogP contribution >= 0.6 is 0 Å². The van der Waals surface area contributed by atoms with Crippen LogP contribution in [-0.4, -0.2) is 40.7 Å². The van der Waals surface area contributed by atoms with Crippen LogP contribution in [0.2, 0.25) is 0 Å². The molecule has 0 saturated heterocycles. The van der Waals surface area contributed by atoms with E-state index in [0.717, 1.165) is 35.1 Å². The number of phenols is 1. The summed E-state index contributed by atoms with van der Waals surface area (Å²) in [6, 6.07) is 9.36. The van der Waals surface area contributed by atoms with Gasteiger partial charge in [0.1, 0.15) is 23.4 Å². The Bertz CT molecular complexity index is 1120. The maximum absolute atomic E-state index is 13.3. The number of rotatable bonds is 7. The van der Waals surface area contributed by atoms with Crippen molar-refractivity contribution in [3.63, 3.8) is 0 Å². The molecule has 8 nitrogen and oxygen atoms in total. The largest absolute Gasteiger partial charge is 0.508 e. The second kappa shape index (κ2) is 11.0. The van der Waals surface area contributed by atoms with Gasteiger partial charge in [0.25, 0.3) is 0 Å². The van der Waals surface area contributed by atoms with E-state index in [9.17, 15) is 19.5 Å². The van der Waals surface area contributed by atoms with Gasteiger partial charge in [0.05, 0.1) is 6.04 Å². The molecule has 0 bridgehead atoms. The first-order valence-corrected chi connectivity index (χ1v) is 12.3. The molecule has 2 unspecified atom stereocenters. The van der Waals surface area contributed by atoms with Crippen molar-refractivity contribution in [1.82, 2.24) is 16.0 Å². The first-order valence-electron chi connectivity index (χ1n) is 12.3. The van der Waals surface area contributed by atoms with Gasteiger partial charge in [-0.2, -0.15) is 0 Å². The third-order valence-corrected chi connectivity index (χ3v) is 6.30. The molecule has 0 aliphatic heterocycles. The van der Waals surface area contributed by atoms with Crippen LogP contribution < -0.4 is 16.0 Å². The van der Waals surface area contributed by atoms with Crippen LogP contribution in [0, 0.1) is 13.8 Å². The molecule has 194 valence electrons. The molecule has 3 amide bonds. The number of alkyl carbamates (subject to hydrolysis) is 1. The van der Waals surface area contributed by atoms with Gasteiger partial charge in [-0.1, -0.05) is 24.3 Å². The molecule has 4 N–H and O–H groups in total. The molecule has 0 heterocycles. The first kappa shape index (κ1) is 27.0. The molecule has 2 aromatic rings. The van der Waals surface area contributed by atoms with E-state index in [2.05, 4.69) is 22.0 Å². The van der Waals surface area contributed by atoms with Crippen molar-refractivity contribution < 1.29 is 24.2 Å². The summed E-state index contributed by atoms with van der Waals surface area (Å²) in [5.74, 6) is -0.658. The minimum Gasteiger partial charge on any atom is -0.508 e. The standard InChI is InChI=1S/C28H37N3O5/c1-16-13-20(32)14-17(2)22(16)15-24(31-27(35)36-28(4,5)6)26(34)29-18(3)25(33)30-23-12-11-19-9-7-8-10-21(19)23/h7-10,13-14,18,23-24,32H,11-12,15H2,1-6H3,(H,29,34)(H,30,33)(H,31,35)/t18-,23?,24?/m1/s1. The van der Waals surface area contributed by atoms with Crippen molar-refractivity contribution in [3.8, 4) is 5.75 Å². The Morgan fingerprint density at radius 2 is 1.69 bits per heavy atom. The number of phenolic OH excluding ortho intramolecular Hbond substituents is 1. The monoisotopic (exact) mass is 495 g/mol. The van der Waals surface area contributed by atoms with E-state index in [-0.39, 0.29) is 24.1 Å². The van der Waals surface area contributed by atoms with Crippen LogP contribution in [0.25, 0.3) is 0 Å². The predicted octanol–water partition coefficient (Wildman–Crippen LogP) is 3.75. The van der Waals surface area contributed by atoms with Crippen LogP contribution in [0.3, 0.4) is 0 Å². The Morgan fingerprint density at radius 3 is 2.33 bits per heavy atom.